The molecule has 1 saturated heterocycles. The minimum Gasteiger partial charge on any atom is -0.497 e. The SMILES string of the molecule is COc1ccc2nccc(CCC3OCC(NC(=O)c4cccnc4)CO3)c2c1. The van der Waals surface area contributed by atoms with Crippen LogP contribution >= 0.6 is 0 Å². The Morgan fingerprint density at radius 2 is 2.07 bits per heavy atom. The lowest BCUT2D eigenvalue weighted by molar-refractivity contribution is -0.190. The third-order valence-electron chi connectivity index (χ3n) is 4.91. The molecule has 0 spiro atoms. The standard InChI is InChI=1S/C22H23N3O4/c1-27-18-5-6-20-19(11-18)15(8-10-24-20)4-7-21-28-13-17(14-29-21)25-22(26)16-3-2-9-23-12-16/h2-3,5-6,8-12,17,21H,4,7,13-14H2,1H3,(H,25,26). The van der Waals surface area contributed by atoms with E-state index < -0.39 is 0 Å². The molecule has 2 aromatic heterocycles. The van der Waals surface area contributed by atoms with Crippen LogP contribution < -0.4 is 10.1 Å². The van der Waals surface area contributed by atoms with Crippen LogP contribution in [0.25, 0.3) is 10.9 Å². The molecule has 7 heteroatoms. The number of hydrogen-bond donors (Lipinski definition) is 1. The van der Waals surface area contributed by atoms with Crippen molar-refractivity contribution in [2.45, 2.75) is 25.2 Å². The van der Waals surface area contributed by atoms with Crippen molar-refractivity contribution in [3.8, 4) is 5.75 Å². The van der Waals surface area contributed by atoms with Gasteiger partial charge in [0.1, 0.15) is 5.75 Å². The molecule has 3 aromatic rings. The monoisotopic (exact) mass is 393 g/mol. The van der Waals surface area contributed by atoms with Crippen molar-refractivity contribution < 1.29 is 19.0 Å². The highest BCUT2D eigenvalue weighted by Crippen LogP contribution is 2.24. The van der Waals surface area contributed by atoms with Gasteiger partial charge in [0.25, 0.3) is 5.91 Å². The molecule has 0 bridgehead atoms. The number of aryl methyl sites for hydroxylation is 1. The van der Waals surface area contributed by atoms with Crippen LogP contribution in [0.5, 0.6) is 5.75 Å². The van der Waals surface area contributed by atoms with Crippen molar-refractivity contribution in [3.63, 3.8) is 0 Å². The zero-order valence-corrected chi connectivity index (χ0v) is 16.2. The number of rotatable bonds is 6. The molecule has 1 aliphatic heterocycles. The zero-order chi connectivity index (χ0) is 20.1. The molecular weight excluding hydrogens is 370 g/mol. The number of methoxy groups -OCH3 is 1. The molecule has 4 rings (SSSR count). The average molecular weight is 393 g/mol. The largest absolute Gasteiger partial charge is 0.497 e. The Kier molecular flexibility index (Phi) is 5.97. The highest BCUT2D eigenvalue weighted by Gasteiger charge is 2.24. The van der Waals surface area contributed by atoms with Gasteiger partial charge in [-0.15, -0.1) is 0 Å². The number of pyridine rings is 2. The second-order valence-electron chi connectivity index (χ2n) is 6.90. The number of aromatic nitrogens is 2. The van der Waals surface area contributed by atoms with Gasteiger partial charge in [-0.2, -0.15) is 0 Å². The molecule has 7 nitrogen and oxygen atoms in total. The smallest absolute Gasteiger partial charge is 0.253 e. The number of carbonyl (C=O) groups is 1. The second kappa shape index (κ2) is 8.98. The number of fused-ring (bicyclic) bond motifs is 1. The number of amides is 1. The summed E-state index contributed by atoms with van der Waals surface area (Å²) in [4.78, 5) is 20.6. The lowest BCUT2D eigenvalue weighted by Crippen LogP contribution is -2.47. The highest BCUT2D eigenvalue weighted by molar-refractivity contribution is 5.94. The van der Waals surface area contributed by atoms with Crippen molar-refractivity contribution in [1.82, 2.24) is 15.3 Å². The van der Waals surface area contributed by atoms with E-state index in [4.69, 9.17) is 14.2 Å². The summed E-state index contributed by atoms with van der Waals surface area (Å²) in [5.74, 6) is 0.634. The Labute approximate surface area is 169 Å². The quantitative estimate of drug-likeness (QED) is 0.693. The van der Waals surface area contributed by atoms with Crippen LogP contribution in [0, 0.1) is 0 Å². The number of ether oxygens (including phenoxy) is 3. The van der Waals surface area contributed by atoms with Crippen molar-refractivity contribution in [1.29, 1.82) is 0 Å². The van der Waals surface area contributed by atoms with E-state index >= 15 is 0 Å². The molecule has 1 aliphatic rings. The number of carbonyl (C=O) groups excluding carboxylic acids is 1. The van der Waals surface area contributed by atoms with Gasteiger partial charge in [0.15, 0.2) is 6.29 Å². The molecule has 3 heterocycles. The van der Waals surface area contributed by atoms with E-state index in [9.17, 15) is 4.79 Å². The predicted octanol–water partition coefficient (Wildman–Crippen LogP) is 2.74. The number of nitrogens with zero attached hydrogens (tertiary/aromatic N) is 2. The Morgan fingerprint density at radius 3 is 2.83 bits per heavy atom. The van der Waals surface area contributed by atoms with E-state index in [0.29, 0.717) is 18.8 Å². The molecule has 29 heavy (non-hydrogen) atoms. The van der Waals surface area contributed by atoms with Gasteiger partial charge in [-0.3, -0.25) is 14.8 Å². The predicted molar refractivity (Wildman–Crippen MR) is 108 cm³/mol. The van der Waals surface area contributed by atoms with E-state index in [0.717, 1.165) is 29.5 Å². The fourth-order valence-corrected chi connectivity index (χ4v) is 3.36. The van der Waals surface area contributed by atoms with Gasteiger partial charge >= 0.3 is 0 Å². The van der Waals surface area contributed by atoms with Gasteiger partial charge in [-0.05, 0) is 48.4 Å². The van der Waals surface area contributed by atoms with Gasteiger partial charge in [0, 0.05) is 30.4 Å². The van der Waals surface area contributed by atoms with Crippen LogP contribution in [0.2, 0.25) is 0 Å². The van der Waals surface area contributed by atoms with Crippen molar-refractivity contribution >= 4 is 16.8 Å². The molecule has 0 unspecified atom stereocenters. The van der Waals surface area contributed by atoms with E-state index in [-0.39, 0.29) is 18.2 Å². The highest BCUT2D eigenvalue weighted by atomic mass is 16.7. The maximum absolute atomic E-state index is 12.2. The second-order valence-corrected chi connectivity index (χ2v) is 6.90. The summed E-state index contributed by atoms with van der Waals surface area (Å²) in [6.07, 6.45) is 6.21. The summed E-state index contributed by atoms with van der Waals surface area (Å²) >= 11 is 0. The van der Waals surface area contributed by atoms with E-state index in [2.05, 4.69) is 15.3 Å². The fraction of sp³-hybridized carbons (Fsp3) is 0.318. The van der Waals surface area contributed by atoms with Gasteiger partial charge in [-0.25, -0.2) is 0 Å². The van der Waals surface area contributed by atoms with Crippen LogP contribution in [0.15, 0.2) is 55.0 Å². The van der Waals surface area contributed by atoms with Gasteiger partial charge < -0.3 is 19.5 Å². The number of hydrogen-bond acceptors (Lipinski definition) is 6. The maximum Gasteiger partial charge on any atom is 0.253 e. The molecule has 0 aliphatic carbocycles. The topological polar surface area (TPSA) is 82.6 Å². The maximum atomic E-state index is 12.2. The molecule has 0 atom stereocenters. The molecular formula is C22H23N3O4. The summed E-state index contributed by atoms with van der Waals surface area (Å²) in [7, 11) is 1.66. The van der Waals surface area contributed by atoms with Crippen LogP contribution in [-0.2, 0) is 15.9 Å². The van der Waals surface area contributed by atoms with Gasteiger partial charge in [-0.1, -0.05) is 0 Å². The van der Waals surface area contributed by atoms with E-state index in [1.807, 2.05) is 30.5 Å². The molecule has 1 fully saturated rings. The summed E-state index contributed by atoms with van der Waals surface area (Å²) in [6, 6.07) is 11.2. The third kappa shape index (κ3) is 4.70. The van der Waals surface area contributed by atoms with Crippen LogP contribution in [0.4, 0.5) is 0 Å². The summed E-state index contributed by atoms with van der Waals surface area (Å²) < 4.78 is 17.0. The van der Waals surface area contributed by atoms with Crippen LogP contribution in [0.3, 0.4) is 0 Å². The molecule has 1 N–H and O–H groups in total. The first-order valence-corrected chi connectivity index (χ1v) is 9.58. The van der Waals surface area contributed by atoms with Crippen LogP contribution in [0.1, 0.15) is 22.3 Å². The third-order valence-corrected chi connectivity index (χ3v) is 4.91. The van der Waals surface area contributed by atoms with Crippen molar-refractivity contribution in [2.75, 3.05) is 20.3 Å². The summed E-state index contributed by atoms with van der Waals surface area (Å²) in [5.41, 5.74) is 2.63. The Bertz CT molecular complexity index is 972. The van der Waals surface area contributed by atoms with Crippen molar-refractivity contribution in [3.05, 3.63) is 66.1 Å². The van der Waals surface area contributed by atoms with E-state index in [1.165, 1.54) is 11.8 Å². The minimum absolute atomic E-state index is 0.175. The first-order chi connectivity index (χ1) is 14.2. The molecule has 1 aromatic carbocycles. The average Bonchev–Trinajstić information content (AvgIpc) is 2.78. The Balaban J connectivity index is 1.30. The molecule has 1 amide bonds. The fourth-order valence-electron chi connectivity index (χ4n) is 3.36. The van der Waals surface area contributed by atoms with Crippen LogP contribution in [-0.4, -0.2) is 48.5 Å². The normalized spacial score (nSPS) is 19.1. The molecule has 150 valence electrons. The van der Waals surface area contributed by atoms with E-state index in [1.54, 1.807) is 25.4 Å². The first kappa shape index (κ1) is 19.3. The summed E-state index contributed by atoms with van der Waals surface area (Å²) in [6.45, 7) is 0.836. The lowest BCUT2D eigenvalue weighted by Gasteiger charge is -2.30. The van der Waals surface area contributed by atoms with Gasteiger partial charge in [0.2, 0.25) is 0 Å². The van der Waals surface area contributed by atoms with Gasteiger partial charge in [0.05, 0.1) is 37.4 Å². The number of nitrogens with one attached hydrogen (secondary N) is 1. The lowest BCUT2D eigenvalue weighted by atomic mass is 10.0. The molecule has 0 saturated carbocycles. The zero-order valence-electron chi connectivity index (χ0n) is 16.2. The summed E-state index contributed by atoms with van der Waals surface area (Å²) in [5, 5.41) is 3.99. The number of benzene rings is 1. The Morgan fingerprint density at radius 1 is 1.21 bits per heavy atom. The first-order valence-electron chi connectivity index (χ1n) is 9.58. The minimum atomic E-state index is -0.296. The Hall–Kier alpha value is -3.03. The molecule has 0 radical (unpaired) electrons. The van der Waals surface area contributed by atoms with Crippen molar-refractivity contribution in [2.24, 2.45) is 0 Å².